The van der Waals surface area contributed by atoms with Gasteiger partial charge in [-0.1, -0.05) is 52.3 Å². The van der Waals surface area contributed by atoms with Gasteiger partial charge in [-0.2, -0.15) is 0 Å². The molecule has 0 bridgehead atoms. The number of benzene rings is 2. The first kappa shape index (κ1) is 10.7. The third-order valence-electron chi connectivity index (χ3n) is 3.04. The highest BCUT2D eigenvalue weighted by Crippen LogP contribution is 2.21. The molecule has 0 N–H and O–H groups in total. The lowest BCUT2D eigenvalue weighted by atomic mass is 9.93. The minimum Gasteiger partial charge on any atom is -0.284 e. The Kier molecular flexibility index (Phi) is 2.81. The Morgan fingerprint density at radius 3 is 2.53 bits per heavy atom. The topological polar surface area (TPSA) is 12.4 Å². The van der Waals surface area contributed by atoms with Gasteiger partial charge in [-0.25, -0.2) is 0 Å². The summed E-state index contributed by atoms with van der Waals surface area (Å²) < 4.78 is 1.10. The Morgan fingerprint density at radius 2 is 1.71 bits per heavy atom. The van der Waals surface area contributed by atoms with Crippen LogP contribution in [-0.4, -0.2) is 12.3 Å². The predicted octanol–water partition coefficient (Wildman–Crippen LogP) is 3.84. The summed E-state index contributed by atoms with van der Waals surface area (Å²) in [6, 6.07) is 16.9. The summed E-state index contributed by atoms with van der Waals surface area (Å²) in [7, 11) is 0. The highest BCUT2D eigenvalue weighted by atomic mass is 79.9. The molecule has 1 nitrogen and oxygen atoms in total. The van der Waals surface area contributed by atoms with Crippen LogP contribution in [0.2, 0.25) is 0 Å². The average molecular weight is 286 g/mol. The molecule has 0 radical (unpaired) electrons. The van der Waals surface area contributed by atoms with Gasteiger partial charge in [0.1, 0.15) is 0 Å². The summed E-state index contributed by atoms with van der Waals surface area (Å²) in [6.07, 6.45) is 1.05. The molecule has 84 valence electrons. The molecule has 0 saturated carbocycles. The van der Waals surface area contributed by atoms with E-state index in [1.165, 1.54) is 16.7 Å². The number of aliphatic imine (C=N–C) groups is 1. The standard InChI is InChI=1S/C15H12BrN/c16-13-7-5-12(6-8-13)15-14-4-2-1-3-11(14)9-10-17-15/h1-8H,9-10H2. The minimum absolute atomic E-state index is 0.891. The van der Waals surface area contributed by atoms with Crippen molar-refractivity contribution in [3.63, 3.8) is 0 Å². The van der Waals surface area contributed by atoms with Crippen LogP contribution in [0.5, 0.6) is 0 Å². The van der Waals surface area contributed by atoms with Crippen LogP contribution in [0.15, 0.2) is 58.0 Å². The summed E-state index contributed by atoms with van der Waals surface area (Å²) in [5.74, 6) is 0. The van der Waals surface area contributed by atoms with E-state index in [0.717, 1.165) is 23.1 Å². The Labute approximate surface area is 109 Å². The van der Waals surface area contributed by atoms with E-state index in [1.54, 1.807) is 0 Å². The zero-order valence-electron chi connectivity index (χ0n) is 9.36. The Bertz CT molecular complexity index is 570. The van der Waals surface area contributed by atoms with Crippen molar-refractivity contribution in [1.29, 1.82) is 0 Å². The lowest BCUT2D eigenvalue weighted by molar-refractivity contribution is 0.944. The lowest BCUT2D eigenvalue weighted by Crippen LogP contribution is -2.13. The van der Waals surface area contributed by atoms with Crippen LogP contribution >= 0.6 is 15.9 Å². The van der Waals surface area contributed by atoms with Crippen molar-refractivity contribution >= 4 is 21.6 Å². The van der Waals surface area contributed by atoms with Crippen LogP contribution in [0.1, 0.15) is 16.7 Å². The summed E-state index contributed by atoms with van der Waals surface area (Å²) in [6.45, 7) is 0.891. The van der Waals surface area contributed by atoms with E-state index in [9.17, 15) is 0 Å². The largest absolute Gasteiger partial charge is 0.284 e. The van der Waals surface area contributed by atoms with Crippen molar-refractivity contribution in [2.75, 3.05) is 6.54 Å². The molecular formula is C15H12BrN. The maximum atomic E-state index is 4.67. The van der Waals surface area contributed by atoms with Crippen LogP contribution < -0.4 is 0 Å². The molecule has 2 aromatic carbocycles. The second-order valence-electron chi connectivity index (χ2n) is 4.14. The van der Waals surface area contributed by atoms with E-state index in [0.29, 0.717) is 0 Å². The zero-order chi connectivity index (χ0) is 11.7. The highest BCUT2D eigenvalue weighted by Gasteiger charge is 2.14. The van der Waals surface area contributed by atoms with Gasteiger partial charge in [0.05, 0.1) is 5.71 Å². The van der Waals surface area contributed by atoms with Crippen LogP contribution in [0, 0.1) is 0 Å². The number of rotatable bonds is 1. The van der Waals surface area contributed by atoms with Crippen LogP contribution in [0.4, 0.5) is 0 Å². The van der Waals surface area contributed by atoms with Gasteiger partial charge < -0.3 is 0 Å². The van der Waals surface area contributed by atoms with Gasteiger partial charge in [-0.3, -0.25) is 4.99 Å². The SMILES string of the molecule is Brc1ccc(C2=NCCc3ccccc32)cc1. The molecule has 0 saturated heterocycles. The third-order valence-corrected chi connectivity index (χ3v) is 3.57. The Balaban J connectivity index is 2.09. The Morgan fingerprint density at radius 1 is 0.941 bits per heavy atom. The van der Waals surface area contributed by atoms with E-state index in [4.69, 9.17) is 0 Å². The molecule has 0 aliphatic carbocycles. The molecule has 1 aliphatic heterocycles. The van der Waals surface area contributed by atoms with Crippen molar-refractivity contribution in [2.45, 2.75) is 6.42 Å². The molecular weight excluding hydrogens is 274 g/mol. The molecule has 0 spiro atoms. The van der Waals surface area contributed by atoms with Crippen LogP contribution in [0.3, 0.4) is 0 Å². The molecule has 0 aromatic heterocycles. The molecule has 3 rings (SSSR count). The van der Waals surface area contributed by atoms with Gasteiger partial charge in [0.15, 0.2) is 0 Å². The molecule has 0 unspecified atom stereocenters. The smallest absolute Gasteiger partial charge is 0.0721 e. The summed E-state index contributed by atoms with van der Waals surface area (Å²) in [5, 5.41) is 0. The number of fused-ring (bicyclic) bond motifs is 1. The molecule has 0 atom stereocenters. The fraction of sp³-hybridized carbons (Fsp3) is 0.133. The van der Waals surface area contributed by atoms with E-state index in [1.807, 2.05) is 0 Å². The molecule has 17 heavy (non-hydrogen) atoms. The highest BCUT2D eigenvalue weighted by molar-refractivity contribution is 9.10. The van der Waals surface area contributed by atoms with Crippen molar-refractivity contribution < 1.29 is 0 Å². The van der Waals surface area contributed by atoms with E-state index in [-0.39, 0.29) is 0 Å². The molecule has 0 amide bonds. The fourth-order valence-electron chi connectivity index (χ4n) is 2.20. The van der Waals surface area contributed by atoms with Crippen molar-refractivity contribution in [1.82, 2.24) is 0 Å². The van der Waals surface area contributed by atoms with Gasteiger partial charge >= 0.3 is 0 Å². The van der Waals surface area contributed by atoms with Gasteiger partial charge in [-0.05, 0) is 24.1 Å². The average Bonchev–Trinajstić information content (AvgIpc) is 2.39. The maximum Gasteiger partial charge on any atom is 0.0721 e. The second kappa shape index (κ2) is 4.46. The predicted molar refractivity (Wildman–Crippen MR) is 74.8 cm³/mol. The monoisotopic (exact) mass is 285 g/mol. The minimum atomic E-state index is 0.891. The molecule has 1 heterocycles. The van der Waals surface area contributed by atoms with E-state index >= 15 is 0 Å². The Hall–Kier alpha value is -1.41. The first-order valence-electron chi connectivity index (χ1n) is 5.73. The van der Waals surface area contributed by atoms with Gasteiger partial charge in [0, 0.05) is 22.1 Å². The lowest BCUT2D eigenvalue weighted by Gasteiger charge is -2.16. The summed E-state index contributed by atoms with van der Waals surface area (Å²) in [4.78, 5) is 4.67. The number of nitrogens with zero attached hydrogens (tertiary/aromatic N) is 1. The molecule has 2 aromatic rings. The van der Waals surface area contributed by atoms with E-state index in [2.05, 4.69) is 69.5 Å². The summed E-state index contributed by atoms with van der Waals surface area (Å²) >= 11 is 3.46. The first-order chi connectivity index (χ1) is 8.34. The fourth-order valence-corrected chi connectivity index (χ4v) is 2.46. The first-order valence-corrected chi connectivity index (χ1v) is 6.52. The molecule has 1 aliphatic rings. The van der Waals surface area contributed by atoms with Crippen molar-refractivity contribution in [3.8, 4) is 0 Å². The van der Waals surface area contributed by atoms with Crippen molar-refractivity contribution in [3.05, 3.63) is 69.7 Å². The van der Waals surface area contributed by atoms with Crippen molar-refractivity contribution in [2.24, 2.45) is 4.99 Å². The molecule has 0 fully saturated rings. The van der Waals surface area contributed by atoms with Gasteiger partial charge in [-0.15, -0.1) is 0 Å². The van der Waals surface area contributed by atoms with Gasteiger partial charge in [0.25, 0.3) is 0 Å². The number of hydrogen-bond donors (Lipinski definition) is 0. The number of halogens is 1. The third kappa shape index (κ3) is 2.05. The zero-order valence-corrected chi connectivity index (χ0v) is 10.9. The van der Waals surface area contributed by atoms with E-state index < -0.39 is 0 Å². The number of hydrogen-bond acceptors (Lipinski definition) is 1. The quantitative estimate of drug-likeness (QED) is 0.755. The maximum absolute atomic E-state index is 4.67. The molecule has 2 heteroatoms. The second-order valence-corrected chi connectivity index (χ2v) is 5.06. The summed E-state index contributed by atoms with van der Waals surface area (Å²) in [5.41, 5.74) is 5.00. The van der Waals surface area contributed by atoms with Crippen LogP contribution in [-0.2, 0) is 6.42 Å². The van der Waals surface area contributed by atoms with Gasteiger partial charge in [0.2, 0.25) is 0 Å². The normalized spacial score (nSPS) is 14.1. The van der Waals surface area contributed by atoms with Crippen LogP contribution in [0.25, 0.3) is 0 Å².